The maximum Gasteiger partial charge on any atom is 0.417 e. The number of rotatable bonds is 3. The molecule has 0 radical (unpaired) electrons. The fourth-order valence-corrected chi connectivity index (χ4v) is 2.03. The number of carbonyl (C=O) groups is 3. The molecule has 0 aromatic carbocycles. The summed E-state index contributed by atoms with van der Waals surface area (Å²) in [6.07, 6.45) is 0.707. The Bertz CT molecular complexity index is 507. The second-order valence-corrected chi connectivity index (χ2v) is 4.28. The summed E-state index contributed by atoms with van der Waals surface area (Å²) < 4.78 is 5.93. The van der Waals surface area contributed by atoms with E-state index in [0.29, 0.717) is 13.1 Å². The normalized spacial score (nSPS) is 19.6. The van der Waals surface area contributed by atoms with Crippen molar-refractivity contribution in [3.63, 3.8) is 0 Å². The second-order valence-electron chi connectivity index (χ2n) is 4.28. The van der Waals surface area contributed by atoms with Crippen molar-refractivity contribution in [2.24, 2.45) is 0 Å². The van der Waals surface area contributed by atoms with Gasteiger partial charge in [-0.15, -0.1) is 5.10 Å². The zero-order valence-electron chi connectivity index (χ0n) is 9.80. The van der Waals surface area contributed by atoms with E-state index in [1.54, 1.807) is 0 Å². The maximum absolute atomic E-state index is 11.8. The predicted octanol–water partition coefficient (Wildman–Crippen LogP) is -2.14. The van der Waals surface area contributed by atoms with Crippen LogP contribution in [-0.2, 0) is 20.9 Å². The van der Waals surface area contributed by atoms with E-state index in [0.717, 1.165) is 4.90 Å². The minimum absolute atomic E-state index is 0.0398. The Morgan fingerprint density at radius 1 is 1.42 bits per heavy atom. The highest BCUT2D eigenvalue weighted by atomic mass is 16.6. The molecule has 0 N–H and O–H groups in total. The summed E-state index contributed by atoms with van der Waals surface area (Å²) in [6, 6.07) is -0.291. The fourth-order valence-electron chi connectivity index (χ4n) is 2.03. The number of ether oxygens (including phenoxy) is 1. The standard InChI is InChI=1S/C9H10N6O4/c16-7(3-14-5-10-11-12-14)13-1-6(2-13)15-8(17)4-19-9(15)18/h5-6H,1-4H2. The van der Waals surface area contributed by atoms with Gasteiger partial charge in [0.05, 0.1) is 6.04 Å². The van der Waals surface area contributed by atoms with Crippen LogP contribution in [-0.4, -0.2) is 73.7 Å². The van der Waals surface area contributed by atoms with Crippen LogP contribution in [0.15, 0.2) is 6.33 Å². The largest absolute Gasteiger partial charge is 0.439 e. The van der Waals surface area contributed by atoms with Gasteiger partial charge in [0, 0.05) is 13.1 Å². The van der Waals surface area contributed by atoms with E-state index in [-0.39, 0.29) is 31.0 Å². The number of hydrogen-bond donors (Lipinski definition) is 0. The van der Waals surface area contributed by atoms with Crippen LogP contribution in [0.2, 0.25) is 0 Å². The van der Waals surface area contributed by atoms with Gasteiger partial charge in [0.2, 0.25) is 5.91 Å². The molecule has 100 valence electrons. The van der Waals surface area contributed by atoms with Crippen molar-refractivity contribution < 1.29 is 19.1 Å². The molecule has 0 spiro atoms. The Morgan fingerprint density at radius 2 is 2.21 bits per heavy atom. The lowest BCUT2D eigenvalue weighted by Crippen LogP contribution is -2.62. The molecule has 1 aromatic heterocycles. The lowest BCUT2D eigenvalue weighted by Gasteiger charge is -2.41. The number of aromatic nitrogens is 4. The molecule has 0 aliphatic carbocycles. The minimum atomic E-state index is -0.637. The average molecular weight is 266 g/mol. The Balaban J connectivity index is 1.54. The molecule has 19 heavy (non-hydrogen) atoms. The van der Waals surface area contributed by atoms with Gasteiger partial charge in [0.1, 0.15) is 12.9 Å². The van der Waals surface area contributed by atoms with Crippen molar-refractivity contribution in [1.82, 2.24) is 30.0 Å². The van der Waals surface area contributed by atoms with E-state index < -0.39 is 6.09 Å². The zero-order valence-corrected chi connectivity index (χ0v) is 9.80. The first-order valence-corrected chi connectivity index (χ1v) is 5.62. The number of imide groups is 1. The highest BCUT2D eigenvalue weighted by molar-refractivity contribution is 5.98. The van der Waals surface area contributed by atoms with Gasteiger partial charge in [-0.25, -0.2) is 14.4 Å². The summed E-state index contributed by atoms with van der Waals surface area (Å²) in [6.45, 7) is 0.468. The van der Waals surface area contributed by atoms with Crippen LogP contribution >= 0.6 is 0 Å². The highest BCUT2D eigenvalue weighted by Gasteiger charge is 2.44. The molecule has 10 heteroatoms. The van der Waals surface area contributed by atoms with Gasteiger partial charge in [-0.05, 0) is 10.4 Å². The van der Waals surface area contributed by atoms with Crippen LogP contribution in [0.4, 0.5) is 4.79 Å². The van der Waals surface area contributed by atoms with Gasteiger partial charge >= 0.3 is 6.09 Å². The van der Waals surface area contributed by atoms with E-state index in [1.165, 1.54) is 15.9 Å². The fraction of sp³-hybridized carbons (Fsp3) is 0.556. The Morgan fingerprint density at radius 3 is 2.79 bits per heavy atom. The van der Waals surface area contributed by atoms with E-state index in [9.17, 15) is 14.4 Å². The number of tetrazole rings is 1. The van der Waals surface area contributed by atoms with Crippen LogP contribution in [0.3, 0.4) is 0 Å². The first-order valence-electron chi connectivity index (χ1n) is 5.62. The van der Waals surface area contributed by atoms with Crippen LogP contribution < -0.4 is 0 Å². The predicted molar refractivity (Wildman–Crippen MR) is 56.4 cm³/mol. The Kier molecular flexibility index (Phi) is 2.62. The molecule has 2 aliphatic rings. The third-order valence-corrected chi connectivity index (χ3v) is 3.05. The summed E-state index contributed by atoms with van der Waals surface area (Å²) >= 11 is 0. The van der Waals surface area contributed by atoms with Crippen molar-refractivity contribution in [3.8, 4) is 0 Å². The van der Waals surface area contributed by atoms with E-state index >= 15 is 0 Å². The summed E-state index contributed by atoms with van der Waals surface area (Å²) in [4.78, 5) is 37.1. The number of cyclic esters (lactones) is 1. The van der Waals surface area contributed by atoms with E-state index in [4.69, 9.17) is 0 Å². The van der Waals surface area contributed by atoms with Crippen LogP contribution in [0.1, 0.15) is 0 Å². The first-order chi connectivity index (χ1) is 9.15. The molecule has 3 rings (SSSR count). The molecule has 2 aliphatic heterocycles. The van der Waals surface area contributed by atoms with Crippen molar-refractivity contribution >= 4 is 17.9 Å². The number of amides is 3. The quantitative estimate of drug-likeness (QED) is 0.614. The maximum atomic E-state index is 11.8. The van der Waals surface area contributed by atoms with Crippen LogP contribution in [0, 0.1) is 0 Å². The van der Waals surface area contributed by atoms with Crippen molar-refractivity contribution in [2.75, 3.05) is 19.7 Å². The first kappa shape index (κ1) is 11.6. The molecule has 2 fully saturated rings. The van der Waals surface area contributed by atoms with Crippen LogP contribution in [0.25, 0.3) is 0 Å². The topological polar surface area (TPSA) is 111 Å². The molecule has 3 amide bonds. The summed E-state index contributed by atoms with van der Waals surface area (Å²) in [5.74, 6) is -0.522. The molecular formula is C9H10N6O4. The molecular weight excluding hydrogens is 256 g/mol. The average Bonchev–Trinajstić information content (AvgIpc) is 2.91. The third kappa shape index (κ3) is 2.00. The number of likely N-dealkylation sites (tertiary alicyclic amines) is 1. The molecule has 10 nitrogen and oxygen atoms in total. The van der Waals surface area contributed by atoms with Gasteiger partial charge in [-0.1, -0.05) is 0 Å². The smallest absolute Gasteiger partial charge is 0.417 e. The highest BCUT2D eigenvalue weighted by Crippen LogP contribution is 2.19. The Labute approximate surface area is 106 Å². The number of carbonyl (C=O) groups excluding carboxylic acids is 3. The molecule has 0 unspecified atom stereocenters. The second kappa shape index (κ2) is 4.30. The lowest BCUT2D eigenvalue weighted by molar-refractivity contribution is -0.142. The number of nitrogens with zero attached hydrogens (tertiary/aromatic N) is 6. The molecule has 0 saturated carbocycles. The van der Waals surface area contributed by atoms with Gasteiger partial charge in [0.15, 0.2) is 6.61 Å². The van der Waals surface area contributed by atoms with Gasteiger partial charge < -0.3 is 9.64 Å². The number of hydrogen-bond acceptors (Lipinski definition) is 7. The lowest BCUT2D eigenvalue weighted by atomic mass is 10.1. The van der Waals surface area contributed by atoms with Gasteiger partial charge in [-0.3, -0.25) is 9.59 Å². The van der Waals surface area contributed by atoms with E-state index in [2.05, 4.69) is 20.3 Å². The molecule has 0 atom stereocenters. The van der Waals surface area contributed by atoms with Crippen molar-refractivity contribution in [3.05, 3.63) is 6.33 Å². The monoisotopic (exact) mass is 266 g/mol. The third-order valence-electron chi connectivity index (χ3n) is 3.05. The summed E-state index contributed by atoms with van der Waals surface area (Å²) in [5, 5.41) is 10.4. The zero-order chi connectivity index (χ0) is 13.4. The molecule has 1 aromatic rings. The Hall–Kier alpha value is -2.52. The molecule has 0 bridgehead atoms. The van der Waals surface area contributed by atoms with Gasteiger partial charge in [-0.2, -0.15) is 0 Å². The van der Waals surface area contributed by atoms with Crippen LogP contribution in [0.5, 0.6) is 0 Å². The summed E-state index contributed by atoms with van der Waals surface area (Å²) in [5.41, 5.74) is 0. The van der Waals surface area contributed by atoms with E-state index in [1.807, 2.05) is 0 Å². The van der Waals surface area contributed by atoms with Crippen molar-refractivity contribution in [1.29, 1.82) is 0 Å². The molecule has 2 saturated heterocycles. The van der Waals surface area contributed by atoms with Crippen molar-refractivity contribution in [2.45, 2.75) is 12.6 Å². The van der Waals surface area contributed by atoms with Gasteiger partial charge in [0.25, 0.3) is 5.91 Å². The SMILES string of the molecule is O=C(Cn1cnnn1)N1CC(N2C(=O)COC2=O)C1. The minimum Gasteiger partial charge on any atom is -0.439 e. The molecule has 3 heterocycles. The summed E-state index contributed by atoms with van der Waals surface area (Å²) in [7, 11) is 0.